The summed E-state index contributed by atoms with van der Waals surface area (Å²) in [7, 11) is 0. The maximum atomic E-state index is 13.7. The summed E-state index contributed by atoms with van der Waals surface area (Å²) in [5.41, 5.74) is 22.3. The highest BCUT2D eigenvalue weighted by Gasteiger charge is 2.30. The predicted octanol–water partition coefficient (Wildman–Crippen LogP) is 1.23. The minimum absolute atomic E-state index is 0. The number of para-hydroxylation sites is 1. The second-order valence-electron chi connectivity index (χ2n) is 10.9. The van der Waals surface area contributed by atoms with Crippen molar-refractivity contribution < 1.29 is 19.2 Å². The van der Waals surface area contributed by atoms with E-state index in [1.54, 1.807) is 0 Å². The standard InChI is InChI=1S/C29H46N10O4S.3H2S/c1-17(2)13-14-22(38-25(42)21(36-18(3)40)10-6-7-15-34-28(30)31)26(43)37-20(11-8-16-35-29(32)33)24(41)27-39-19-9-4-5-12-23(19)44-27;;;/h4-5,9,12,17,20-22H,6-8,10-11,13-16H2,1-3H3,(H,36,40)(H,37,43)(H,38,42)(H4,30,31,34)(H4,32,33,35);3*1H2/t20-,21-,22-;;;/m0.../s1. The molecule has 3 atom stereocenters. The molecule has 0 fully saturated rings. The number of Topliss-reactive ketones (excluding diaryl/α,β-unsaturated/α-hetero) is 1. The fraction of sp³-hybridized carbons (Fsp3) is 0.552. The minimum Gasteiger partial charge on any atom is -0.370 e. The Bertz CT molecular complexity index is 1300. The molecule has 0 aliphatic rings. The zero-order chi connectivity index (χ0) is 32.6. The molecule has 0 unspecified atom stereocenters. The van der Waals surface area contributed by atoms with Crippen LogP contribution in [0.1, 0.15) is 75.5 Å². The number of guanidine groups is 2. The first-order valence-electron chi connectivity index (χ1n) is 14.8. The summed E-state index contributed by atoms with van der Waals surface area (Å²) in [4.78, 5) is 64.9. The van der Waals surface area contributed by atoms with Crippen LogP contribution < -0.4 is 38.9 Å². The van der Waals surface area contributed by atoms with Crippen molar-refractivity contribution in [3.63, 3.8) is 0 Å². The lowest BCUT2D eigenvalue weighted by molar-refractivity contribution is -0.132. The number of nitrogens with two attached hydrogens (primary N) is 4. The monoisotopic (exact) mass is 732 g/mol. The van der Waals surface area contributed by atoms with Crippen LogP contribution in [0.2, 0.25) is 0 Å². The fourth-order valence-electron chi connectivity index (χ4n) is 4.40. The zero-order valence-electron chi connectivity index (χ0n) is 27.2. The molecule has 0 radical (unpaired) electrons. The first-order chi connectivity index (χ1) is 20.9. The normalized spacial score (nSPS) is 12.2. The van der Waals surface area contributed by atoms with Crippen molar-refractivity contribution in [2.45, 2.75) is 83.8 Å². The van der Waals surface area contributed by atoms with Crippen LogP contribution in [0.25, 0.3) is 10.2 Å². The van der Waals surface area contributed by atoms with Crippen molar-refractivity contribution >= 4 is 97.5 Å². The number of thiazole rings is 1. The molecule has 0 spiro atoms. The number of nitrogens with zero attached hydrogens (tertiary/aromatic N) is 3. The summed E-state index contributed by atoms with van der Waals surface area (Å²) in [5.74, 6) is -1.54. The van der Waals surface area contributed by atoms with Crippen molar-refractivity contribution in [1.29, 1.82) is 0 Å². The number of aliphatic imine (C=N–C) groups is 2. The second-order valence-corrected chi connectivity index (χ2v) is 12.0. The summed E-state index contributed by atoms with van der Waals surface area (Å²) in [5, 5.41) is 8.60. The Morgan fingerprint density at radius 2 is 1.28 bits per heavy atom. The highest BCUT2D eigenvalue weighted by Crippen LogP contribution is 2.23. The van der Waals surface area contributed by atoms with Gasteiger partial charge < -0.3 is 38.9 Å². The third-order valence-corrected chi connectivity index (χ3v) is 7.69. The van der Waals surface area contributed by atoms with Gasteiger partial charge >= 0.3 is 0 Å². The van der Waals surface area contributed by atoms with Crippen LogP contribution in [0.5, 0.6) is 0 Å². The Balaban J connectivity index is 0. The number of ketones is 1. The second kappa shape index (κ2) is 24.0. The Labute approximate surface area is 301 Å². The Kier molecular flexibility index (Phi) is 23.4. The maximum Gasteiger partial charge on any atom is 0.243 e. The van der Waals surface area contributed by atoms with Crippen molar-refractivity contribution in [3.8, 4) is 0 Å². The Morgan fingerprint density at radius 3 is 1.83 bits per heavy atom. The van der Waals surface area contributed by atoms with Crippen molar-refractivity contribution in [2.75, 3.05) is 13.1 Å². The Hall–Kier alpha value is -3.22. The van der Waals surface area contributed by atoms with Gasteiger partial charge in [-0.15, -0.1) is 11.3 Å². The van der Waals surface area contributed by atoms with Crippen LogP contribution in [0.4, 0.5) is 0 Å². The van der Waals surface area contributed by atoms with Gasteiger partial charge in [0.05, 0.1) is 16.3 Å². The number of amides is 3. The van der Waals surface area contributed by atoms with Gasteiger partial charge in [-0.1, -0.05) is 26.0 Å². The van der Waals surface area contributed by atoms with Gasteiger partial charge in [-0.05, 0) is 63.0 Å². The molecule has 0 saturated carbocycles. The Morgan fingerprint density at radius 1 is 0.745 bits per heavy atom. The molecule has 14 nitrogen and oxygen atoms in total. The number of rotatable bonds is 19. The predicted molar refractivity (Wildman–Crippen MR) is 205 cm³/mol. The quantitative estimate of drug-likeness (QED) is 0.0474. The average molecular weight is 733 g/mol. The zero-order valence-corrected chi connectivity index (χ0v) is 31.0. The van der Waals surface area contributed by atoms with Crippen LogP contribution in [0.15, 0.2) is 34.3 Å². The van der Waals surface area contributed by atoms with Crippen molar-refractivity contribution in [2.24, 2.45) is 38.8 Å². The molecule has 0 bridgehead atoms. The van der Waals surface area contributed by atoms with Crippen molar-refractivity contribution in [1.82, 2.24) is 20.9 Å². The molecule has 47 heavy (non-hydrogen) atoms. The van der Waals surface area contributed by atoms with Gasteiger partial charge in [0.25, 0.3) is 0 Å². The van der Waals surface area contributed by atoms with Gasteiger partial charge in [0.15, 0.2) is 16.9 Å². The van der Waals surface area contributed by atoms with Crippen LogP contribution >= 0.6 is 51.8 Å². The lowest BCUT2D eigenvalue weighted by Crippen LogP contribution is -2.55. The smallest absolute Gasteiger partial charge is 0.243 e. The molecular formula is C29H52N10O4S4. The minimum atomic E-state index is -0.939. The summed E-state index contributed by atoms with van der Waals surface area (Å²) in [6.07, 6.45) is 3.15. The van der Waals surface area contributed by atoms with Gasteiger partial charge in [-0.3, -0.25) is 29.2 Å². The third-order valence-electron chi connectivity index (χ3n) is 6.64. The molecule has 266 valence electrons. The number of nitrogens with one attached hydrogen (secondary N) is 3. The maximum absolute atomic E-state index is 13.7. The fourth-order valence-corrected chi connectivity index (χ4v) is 5.36. The lowest BCUT2D eigenvalue weighted by Gasteiger charge is -2.25. The van der Waals surface area contributed by atoms with Gasteiger partial charge in [0, 0.05) is 20.0 Å². The molecular weight excluding hydrogens is 681 g/mol. The molecule has 3 amide bonds. The number of unbranched alkanes of at least 4 members (excludes halogenated alkanes) is 1. The van der Waals surface area contributed by atoms with E-state index < -0.39 is 29.9 Å². The molecule has 0 aliphatic carbocycles. The third kappa shape index (κ3) is 17.5. The largest absolute Gasteiger partial charge is 0.370 e. The number of fused-ring (bicyclic) bond motifs is 1. The van der Waals surface area contributed by atoms with E-state index in [9.17, 15) is 19.2 Å². The summed E-state index contributed by atoms with van der Waals surface area (Å²) in [6, 6.07) is 4.68. The first kappa shape index (κ1) is 45.9. The van der Waals surface area contributed by atoms with Crippen LogP contribution in [-0.4, -0.2) is 71.6 Å². The molecule has 18 heteroatoms. The van der Waals surface area contributed by atoms with Gasteiger partial charge in [-0.25, -0.2) is 4.98 Å². The van der Waals surface area contributed by atoms with Crippen molar-refractivity contribution in [3.05, 3.63) is 29.3 Å². The molecule has 11 N–H and O–H groups in total. The summed E-state index contributed by atoms with van der Waals surface area (Å²) < 4.78 is 0.853. The SMILES string of the molecule is CC(=O)N[C@@H](CCCCN=C(N)N)C(=O)N[C@@H](CCC(C)C)C(=O)N[C@@H](CCCN=C(N)N)C(=O)c1nc2ccccc2s1.S.S.S. The highest BCUT2D eigenvalue weighted by atomic mass is 32.1. The van der Waals surface area contributed by atoms with E-state index in [-0.39, 0.29) is 88.0 Å². The van der Waals surface area contributed by atoms with E-state index in [1.165, 1.54) is 18.3 Å². The highest BCUT2D eigenvalue weighted by molar-refractivity contribution is 7.59. The lowest BCUT2D eigenvalue weighted by atomic mass is 10.0. The first-order valence-corrected chi connectivity index (χ1v) is 15.6. The van der Waals surface area contributed by atoms with Crippen LogP contribution in [0, 0.1) is 5.92 Å². The van der Waals surface area contributed by atoms with Crippen LogP contribution in [0.3, 0.4) is 0 Å². The van der Waals surface area contributed by atoms with E-state index in [2.05, 4.69) is 30.9 Å². The van der Waals surface area contributed by atoms with Gasteiger partial charge in [0.2, 0.25) is 23.5 Å². The van der Waals surface area contributed by atoms with E-state index in [0.29, 0.717) is 50.6 Å². The number of hydrogen-bond donors (Lipinski definition) is 7. The molecule has 1 aromatic carbocycles. The molecule has 1 heterocycles. The molecule has 2 rings (SSSR count). The topological polar surface area (TPSA) is 246 Å². The van der Waals surface area contributed by atoms with E-state index in [0.717, 1.165) is 4.70 Å². The summed E-state index contributed by atoms with van der Waals surface area (Å²) in [6.45, 7) is 6.01. The number of carbonyl (C=O) groups is 4. The molecule has 1 aromatic heterocycles. The van der Waals surface area contributed by atoms with E-state index in [4.69, 9.17) is 22.9 Å². The van der Waals surface area contributed by atoms with Gasteiger partial charge in [0.1, 0.15) is 12.1 Å². The van der Waals surface area contributed by atoms with E-state index >= 15 is 0 Å². The number of hydrogen-bond acceptors (Lipinski definition) is 8. The van der Waals surface area contributed by atoms with Gasteiger partial charge in [-0.2, -0.15) is 40.5 Å². The molecule has 0 aliphatic heterocycles. The van der Waals surface area contributed by atoms with Crippen LogP contribution in [-0.2, 0) is 14.4 Å². The molecule has 2 aromatic rings. The number of aromatic nitrogens is 1. The van der Waals surface area contributed by atoms with E-state index in [1.807, 2.05) is 38.1 Å². The number of benzene rings is 1. The number of carbonyl (C=O) groups excluding carboxylic acids is 4. The average Bonchev–Trinajstić information content (AvgIpc) is 3.39. The summed E-state index contributed by atoms with van der Waals surface area (Å²) >= 11 is 1.25. The molecule has 0 saturated heterocycles.